The van der Waals surface area contributed by atoms with Crippen molar-refractivity contribution >= 4 is 29.4 Å². The molecule has 2 aromatic rings. The fourth-order valence-electron chi connectivity index (χ4n) is 2.47. The number of rotatable bonds is 5. The molecule has 25 heavy (non-hydrogen) atoms. The van der Waals surface area contributed by atoms with Gasteiger partial charge in [0.05, 0.1) is 5.75 Å². The Morgan fingerprint density at radius 1 is 1.28 bits per heavy atom. The highest BCUT2D eigenvalue weighted by molar-refractivity contribution is 7.99. The van der Waals surface area contributed by atoms with Crippen LogP contribution >= 0.6 is 11.8 Å². The van der Waals surface area contributed by atoms with Crippen LogP contribution in [0.3, 0.4) is 0 Å². The number of nitrogens with one attached hydrogen (secondary N) is 2. The van der Waals surface area contributed by atoms with Gasteiger partial charge in [-0.05, 0) is 43.9 Å². The molecule has 7 nitrogen and oxygen atoms in total. The number of amides is 3. The lowest BCUT2D eigenvalue weighted by Crippen LogP contribution is -2.35. The normalized spacial score (nSPS) is 13.6. The molecule has 1 aromatic carbocycles. The van der Waals surface area contributed by atoms with Crippen LogP contribution in [0.15, 0.2) is 23.4 Å². The molecule has 132 valence electrons. The number of aromatic nitrogens is 3. The van der Waals surface area contributed by atoms with Gasteiger partial charge >= 0.3 is 6.03 Å². The molecule has 0 bridgehead atoms. The molecule has 0 unspecified atom stereocenters. The smallest absolute Gasteiger partial charge is 0.309 e. The van der Waals surface area contributed by atoms with Crippen molar-refractivity contribution < 1.29 is 9.59 Å². The summed E-state index contributed by atoms with van der Waals surface area (Å²) in [4.78, 5) is 24.0. The summed E-state index contributed by atoms with van der Waals surface area (Å²) in [6, 6.07) is 5.23. The van der Waals surface area contributed by atoms with Crippen molar-refractivity contribution in [3.63, 3.8) is 0 Å². The van der Waals surface area contributed by atoms with Crippen LogP contribution in [0.1, 0.15) is 35.7 Å². The number of urea groups is 1. The van der Waals surface area contributed by atoms with Crippen LogP contribution in [0.4, 0.5) is 10.5 Å². The van der Waals surface area contributed by atoms with E-state index in [9.17, 15) is 9.59 Å². The molecule has 0 spiro atoms. The Hall–Kier alpha value is -2.35. The van der Waals surface area contributed by atoms with E-state index in [0.717, 1.165) is 29.8 Å². The first-order chi connectivity index (χ1) is 11.9. The molecule has 1 aliphatic carbocycles. The van der Waals surface area contributed by atoms with Crippen LogP contribution in [0.25, 0.3) is 0 Å². The number of benzene rings is 1. The molecule has 0 atom stereocenters. The highest BCUT2D eigenvalue weighted by Gasteiger charge is 2.29. The first-order valence-corrected chi connectivity index (χ1v) is 9.13. The predicted octanol–water partition coefficient (Wildman–Crippen LogP) is 2.75. The number of imide groups is 1. The van der Waals surface area contributed by atoms with E-state index in [1.165, 1.54) is 11.8 Å². The summed E-state index contributed by atoms with van der Waals surface area (Å²) >= 11 is 1.27. The number of aryl methyl sites for hydroxylation is 2. The van der Waals surface area contributed by atoms with E-state index in [-0.39, 0.29) is 11.7 Å². The van der Waals surface area contributed by atoms with Crippen LogP contribution in [0.5, 0.6) is 0 Å². The molecule has 8 heteroatoms. The van der Waals surface area contributed by atoms with Gasteiger partial charge in [-0.25, -0.2) is 4.79 Å². The lowest BCUT2D eigenvalue weighted by atomic mass is 10.1. The quantitative estimate of drug-likeness (QED) is 0.801. The number of carbonyl (C=O) groups excluding carboxylic acids is 2. The fraction of sp³-hybridized carbons (Fsp3) is 0.412. The molecule has 1 aromatic heterocycles. The van der Waals surface area contributed by atoms with E-state index >= 15 is 0 Å². The van der Waals surface area contributed by atoms with E-state index in [2.05, 4.69) is 20.8 Å². The van der Waals surface area contributed by atoms with Crippen LogP contribution in [0, 0.1) is 13.8 Å². The molecule has 1 aliphatic rings. The topological polar surface area (TPSA) is 88.9 Å². The molecule has 0 saturated heterocycles. The zero-order chi connectivity index (χ0) is 18.0. The van der Waals surface area contributed by atoms with Gasteiger partial charge in [-0.1, -0.05) is 23.9 Å². The highest BCUT2D eigenvalue weighted by atomic mass is 32.2. The van der Waals surface area contributed by atoms with E-state index in [4.69, 9.17) is 0 Å². The lowest BCUT2D eigenvalue weighted by Gasteiger charge is -2.10. The number of nitrogens with zero attached hydrogens (tertiary/aromatic N) is 3. The average molecular weight is 359 g/mol. The van der Waals surface area contributed by atoms with E-state index < -0.39 is 6.03 Å². The number of anilines is 1. The van der Waals surface area contributed by atoms with Crippen molar-refractivity contribution in [3.8, 4) is 0 Å². The molecular weight excluding hydrogens is 338 g/mol. The third-order valence-electron chi connectivity index (χ3n) is 4.04. The Morgan fingerprint density at radius 2 is 2.04 bits per heavy atom. The van der Waals surface area contributed by atoms with Crippen LogP contribution in [0.2, 0.25) is 0 Å². The number of hydrogen-bond acceptors (Lipinski definition) is 5. The first-order valence-electron chi connectivity index (χ1n) is 8.14. The fourth-order valence-corrected chi connectivity index (χ4v) is 3.18. The van der Waals surface area contributed by atoms with Gasteiger partial charge in [-0.15, -0.1) is 10.2 Å². The van der Waals surface area contributed by atoms with Gasteiger partial charge < -0.3 is 9.88 Å². The summed E-state index contributed by atoms with van der Waals surface area (Å²) in [6.45, 7) is 3.85. The maximum Gasteiger partial charge on any atom is 0.325 e. The number of hydrogen-bond donors (Lipinski definition) is 2. The first kappa shape index (κ1) is 17.5. The minimum atomic E-state index is -0.532. The maximum absolute atomic E-state index is 12.0. The van der Waals surface area contributed by atoms with Crippen molar-refractivity contribution in [2.24, 2.45) is 7.05 Å². The molecular formula is C17H21N5O2S. The minimum absolute atomic E-state index is 0.108. The molecule has 1 fully saturated rings. The van der Waals surface area contributed by atoms with E-state index in [1.54, 1.807) is 0 Å². The van der Waals surface area contributed by atoms with Crippen LogP contribution in [-0.4, -0.2) is 32.5 Å². The second-order valence-electron chi connectivity index (χ2n) is 6.28. The Labute approximate surface area is 150 Å². The van der Waals surface area contributed by atoms with Gasteiger partial charge in [-0.3, -0.25) is 10.1 Å². The minimum Gasteiger partial charge on any atom is -0.309 e. The van der Waals surface area contributed by atoms with Gasteiger partial charge in [0.25, 0.3) is 0 Å². The summed E-state index contributed by atoms with van der Waals surface area (Å²) < 4.78 is 1.92. The largest absolute Gasteiger partial charge is 0.325 e. The molecule has 3 rings (SSSR count). The summed E-state index contributed by atoms with van der Waals surface area (Å²) in [5.41, 5.74) is 2.67. The summed E-state index contributed by atoms with van der Waals surface area (Å²) in [6.07, 6.45) is 2.30. The maximum atomic E-state index is 12.0. The molecule has 1 heterocycles. The SMILES string of the molecule is Cc1ccc(C)c(NC(=O)NC(=O)CSc2nnc(C3CC3)n2C)c1. The molecule has 0 radical (unpaired) electrons. The zero-order valence-corrected chi connectivity index (χ0v) is 15.3. The third kappa shape index (κ3) is 4.39. The lowest BCUT2D eigenvalue weighted by molar-refractivity contribution is -0.117. The van der Waals surface area contributed by atoms with Crippen LogP contribution < -0.4 is 10.6 Å². The average Bonchev–Trinajstić information content (AvgIpc) is 3.33. The Morgan fingerprint density at radius 3 is 2.76 bits per heavy atom. The standard InChI is InChI=1S/C17H21N5O2S/c1-10-4-5-11(2)13(8-10)18-16(24)19-14(23)9-25-17-21-20-15(22(17)3)12-6-7-12/h4-5,8,12H,6-7,9H2,1-3H3,(H2,18,19,23,24). The van der Waals surface area contributed by atoms with E-state index in [1.807, 2.05) is 43.7 Å². The number of carbonyl (C=O) groups is 2. The van der Waals surface area contributed by atoms with E-state index in [0.29, 0.717) is 16.8 Å². The summed E-state index contributed by atoms with van der Waals surface area (Å²) in [5.74, 6) is 1.21. The van der Waals surface area contributed by atoms with Gasteiger partial charge in [0, 0.05) is 18.7 Å². The monoisotopic (exact) mass is 359 g/mol. The second kappa shape index (κ2) is 7.26. The summed E-state index contributed by atoms with van der Waals surface area (Å²) in [7, 11) is 1.90. The number of thioether (sulfide) groups is 1. The molecule has 2 N–H and O–H groups in total. The zero-order valence-electron chi connectivity index (χ0n) is 14.5. The highest BCUT2D eigenvalue weighted by Crippen LogP contribution is 2.39. The summed E-state index contributed by atoms with van der Waals surface area (Å²) in [5, 5.41) is 14.0. The Kier molecular flexibility index (Phi) is 5.08. The van der Waals surface area contributed by atoms with Crippen molar-refractivity contribution in [3.05, 3.63) is 35.2 Å². The van der Waals surface area contributed by atoms with Gasteiger partial charge in [-0.2, -0.15) is 0 Å². The molecule has 0 aliphatic heterocycles. The molecule has 3 amide bonds. The van der Waals surface area contributed by atoms with Gasteiger partial charge in [0.2, 0.25) is 5.91 Å². The van der Waals surface area contributed by atoms with Crippen molar-refractivity contribution in [1.29, 1.82) is 0 Å². The second-order valence-corrected chi connectivity index (χ2v) is 7.23. The Bertz CT molecular complexity index is 813. The van der Waals surface area contributed by atoms with Crippen LogP contribution in [-0.2, 0) is 11.8 Å². The van der Waals surface area contributed by atoms with Crippen molar-refractivity contribution in [1.82, 2.24) is 20.1 Å². The van der Waals surface area contributed by atoms with Crippen molar-refractivity contribution in [2.75, 3.05) is 11.1 Å². The Balaban J connectivity index is 1.50. The third-order valence-corrected chi connectivity index (χ3v) is 5.06. The van der Waals surface area contributed by atoms with Gasteiger partial charge in [0.15, 0.2) is 5.16 Å². The van der Waals surface area contributed by atoms with Gasteiger partial charge in [0.1, 0.15) is 5.82 Å². The predicted molar refractivity (Wildman–Crippen MR) is 96.8 cm³/mol. The molecule has 1 saturated carbocycles. The van der Waals surface area contributed by atoms with Crippen molar-refractivity contribution in [2.45, 2.75) is 37.8 Å².